The molecule has 1 heterocycles. The summed E-state index contributed by atoms with van der Waals surface area (Å²) in [5.74, 6) is -2.15. The summed E-state index contributed by atoms with van der Waals surface area (Å²) in [6.07, 6.45) is 1.53. The van der Waals surface area contributed by atoms with E-state index in [-0.39, 0.29) is 17.7 Å². The Bertz CT molecular complexity index is 763. The fraction of sp³-hybridized carbons (Fsp3) is 0.278. The van der Waals surface area contributed by atoms with E-state index in [9.17, 15) is 23.2 Å². The van der Waals surface area contributed by atoms with Gasteiger partial charge in [0.2, 0.25) is 0 Å². The monoisotopic (exact) mass is 397 g/mol. The Hall–Kier alpha value is -2.81. The van der Waals surface area contributed by atoms with Gasteiger partial charge >= 0.3 is 12.6 Å². The predicted molar refractivity (Wildman–Crippen MR) is 93.8 cm³/mol. The summed E-state index contributed by atoms with van der Waals surface area (Å²) in [7, 11) is 0. The zero-order valence-corrected chi connectivity index (χ0v) is 15.0. The molecule has 1 N–H and O–H groups in total. The number of amides is 2. The number of rotatable bonds is 9. The number of aryl methyl sites for hydroxylation is 1. The van der Waals surface area contributed by atoms with E-state index in [0.717, 1.165) is 11.3 Å². The third kappa shape index (κ3) is 7.53. The molecular formula is C18H17F2NO5S. The van der Waals surface area contributed by atoms with Gasteiger partial charge in [-0.1, -0.05) is 6.07 Å². The number of ether oxygens (including phenoxy) is 2. The molecule has 0 saturated heterocycles. The largest absolute Gasteiger partial charge is 0.456 e. The minimum absolute atomic E-state index is 0.0761. The summed E-state index contributed by atoms with van der Waals surface area (Å²) in [6, 6.07) is 8.73. The van der Waals surface area contributed by atoms with Crippen LogP contribution in [0.25, 0.3) is 0 Å². The van der Waals surface area contributed by atoms with Crippen molar-refractivity contribution in [3.8, 4) is 5.75 Å². The number of esters is 1. The Morgan fingerprint density at radius 2 is 1.85 bits per heavy atom. The van der Waals surface area contributed by atoms with E-state index < -0.39 is 31.0 Å². The van der Waals surface area contributed by atoms with Gasteiger partial charge in [0.15, 0.2) is 6.61 Å². The molecule has 0 bridgehead atoms. The smallest absolute Gasteiger partial charge is 0.387 e. The SMILES string of the molecule is O=C(COC(=O)CCCc1cccs1)NC(=O)c1ccc(OC(F)F)cc1. The normalized spacial score (nSPS) is 10.5. The van der Waals surface area contributed by atoms with E-state index in [1.54, 1.807) is 11.3 Å². The Morgan fingerprint density at radius 3 is 2.48 bits per heavy atom. The van der Waals surface area contributed by atoms with Crippen LogP contribution in [0.3, 0.4) is 0 Å². The summed E-state index contributed by atoms with van der Waals surface area (Å²) in [5, 5.41) is 4.00. The van der Waals surface area contributed by atoms with Gasteiger partial charge in [-0.15, -0.1) is 11.3 Å². The standard InChI is InChI=1S/C18H17F2NO5S/c19-18(20)26-13-8-6-12(7-9-13)17(24)21-15(22)11-25-16(23)5-1-3-14-4-2-10-27-14/h2,4,6-10,18H,1,3,5,11H2,(H,21,22,24). The van der Waals surface area contributed by atoms with Crippen LogP contribution in [0.2, 0.25) is 0 Å². The topological polar surface area (TPSA) is 81.7 Å². The van der Waals surface area contributed by atoms with Crippen molar-refractivity contribution >= 4 is 29.1 Å². The molecule has 27 heavy (non-hydrogen) atoms. The number of halogens is 2. The van der Waals surface area contributed by atoms with Crippen LogP contribution >= 0.6 is 11.3 Å². The molecule has 0 atom stereocenters. The maximum Gasteiger partial charge on any atom is 0.387 e. The van der Waals surface area contributed by atoms with Gasteiger partial charge in [0, 0.05) is 16.9 Å². The van der Waals surface area contributed by atoms with Crippen molar-refractivity contribution in [3.63, 3.8) is 0 Å². The van der Waals surface area contributed by atoms with Crippen molar-refractivity contribution in [2.75, 3.05) is 6.61 Å². The molecule has 0 radical (unpaired) electrons. The molecule has 0 saturated carbocycles. The molecule has 9 heteroatoms. The first-order valence-electron chi connectivity index (χ1n) is 8.01. The third-order valence-corrected chi connectivity index (χ3v) is 4.28. The highest BCUT2D eigenvalue weighted by molar-refractivity contribution is 7.09. The molecule has 2 rings (SSSR count). The Labute approximate surface area is 158 Å². The summed E-state index contributed by atoms with van der Waals surface area (Å²) in [6.45, 7) is -3.54. The zero-order valence-electron chi connectivity index (χ0n) is 14.2. The number of carbonyl (C=O) groups excluding carboxylic acids is 3. The predicted octanol–water partition coefficient (Wildman–Crippen LogP) is 3.17. The fourth-order valence-corrected chi connectivity index (χ4v) is 2.85. The number of nitrogens with one attached hydrogen (secondary N) is 1. The second-order valence-corrected chi connectivity index (χ2v) is 6.41. The second-order valence-electron chi connectivity index (χ2n) is 5.37. The van der Waals surface area contributed by atoms with E-state index >= 15 is 0 Å². The maximum absolute atomic E-state index is 12.1. The molecule has 0 aliphatic rings. The zero-order chi connectivity index (χ0) is 19.6. The number of benzene rings is 1. The fourth-order valence-electron chi connectivity index (χ4n) is 2.10. The van der Waals surface area contributed by atoms with Crippen LogP contribution in [-0.2, 0) is 20.7 Å². The number of hydrogen-bond acceptors (Lipinski definition) is 6. The molecule has 1 aromatic heterocycles. The van der Waals surface area contributed by atoms with Crippen molar-refractivity contribution < 1.29 is 32.6 Å². The van der Waals surface area contributed by atoms with E-state index in [4.69, 9.17) is 4.74 Å². The van der Waals surface area contributed by atoms with Gasteiger partial charge in [-0.3, -0.25) is 19.7 Å². The molecule has 0 aliphatic carbocycles. The highest BCUT2D eigenvalue weighted by Gasteiger charge is 2.13. The first kappa shape index (κ1) is 20.5. The lowest BCUT2D eigenvalue weighted by Crippen LogP contribution is -2.34. The average molecular weight is 397 g/mol. The van der Waals surface area contributed by atoms with Gasteiger partial charge in [-0.25, -0.2) is 0 Å². The number of alkyl halides is 2. The van der Waals surface area contributed by atoms with Gasteiger partial charge in [0.05, 0.1) is 0 Å². The van der Waals surface area contributed by atoms with Crippen LogP contribution in [0.1, 0.15) is 28.1 Å². The molecule has 2 amide bonds. The lowest BCUT2D eigenvalue weighted by Gasteiger charge is -2.07. The molecule has 0 unspecified atom stereocenters. The van der Waals surface area contributed by atoms with Gasteiger partial charge in [0.1, 0.15) is 5.75 Å². The van der Waals surface area contributed by atoms with E-state index in [2.05, 4.69) is 4.74 Å². The molecule has 6 nitrogen and oxygen atoms in total. The number of hydrogen-bond donors (Lipinski definition) is 1. The minimum Gasteiger partial charge on any atom is -0.456 e. The maximum atomic E-state index is 12.1. The van der Waals surface area contributed by atoms with Crippen LogP contribution in [0.4, 0.5) is 8.78 Å². The third-order valence-electron chi connectivity index (χ3n) is 3.34. The number of imide groups is 1. The molecule has 2 aromatic rings. The molecule has 0 fully saturated rings. The molecule has 0 aliphatic heterocycles. The van der Waals surface area contributed by atoms with Crippen molar-refractivity contribution in [3.05, 3.63) is 52.2 Å². The van der Waals surface area contributed by atoms with E-state index in [1.165, 1.54) is 24.3 Å². The Morgan fingerprint density at radius 1 is 1.11 bits per heavy atom. The van der Waals surface area contributed by atoms with E-state index in [0.29, 0.717) is 6.42 Å². The quantitative estimate of drug-likeness (QED) is 0.658. The van der Waals surface area contributed by atoms with Gasteiger partial charge in [-0.2, -0.15) is 8.78 Å². The van der Waals surface area contributed by atoms with Crippen LogP contribution in [0.5, 0.6) is 5.75 Å². The summed E-state index contributed by atoms with van der Waals surface area (Å²) >= 11 is 1.60. The average Bonchev–Trinajstić information content (AvgIpc) is 3.13. The summed E-state index contributed by atoms with van der Waals surface area (Å²) in [4.78, 5) is 36.3. The molecule has 144 valence electrons. The van der Waals surface area contributed by atoms with Crippen LogP contribution in [-0.4, -0.2) is 31.0 Å². The Balaban J connectivity index is 1.68. The number of thiophene rings is 1. The van der Waals surface area contributed by atoms with Crippen LogP contribution in [0, 0.1) is 0 Å². The molecule has 0 spiro atoms. The molecule has 1 aromatic carbocycles. The first-order valence-corrected chi connectivity index (χ1v) is 8.89. The van der Waals surface area contributed by atoms with Crippen molar-refractivity contribution in [1.29, 1.82) is 0 Å². The van der Waals surface area contributed by atoms with Crippen molar-refractivity contribution in [1.82, 2.24) is 5.32 Å². The first-order chi connectivity index (χ1) is 12.9. The van der Waals surface area contributed by atoms with Gasteiger partial charge in [0.25, 0.3) is 11.8 Å². The Kier molecular flexibility index (Phi) is 7.87. The highest BCUT2D eigenvalue weighted by Crippen LogP contribution is 2.15. The van der Waals surface area contributed by atoms with Crippen molar-refractivity contribution in [2.24, 2.45) is 0 Å². The number of carbonyl (C=O) groups is 3. The highest BCUT2D eigenvalue weighted by atomic mass is 32.1. The minimum atomic E-state index is -2.97. The van der Waals surface area contributed by atoms with E-state index in [1.807, 2.05) is 22.8 Å². The lowest BCUT2D eigenvalue weighted by atomic mass is 10.2. The van der Waals surface area contributed by atoms with Crippen LogP contribution in [0.15, 0.2) is 41.8 Å². The van der Waals surface area contributed by atoms with Gasteiger partial charge in [-0.05, 0) is 48.6 Å². The lowest BCUT2D eigenvalue weighted by molar-refractivity contribution is -0.148. The van der Waals surface area contributed by atoms with Crippen molar-refractivity contribution in [2.45, 2.75) is 25.9 Å². The summed E-state index contributed by atoms with van der Waals surface area (Å²) < 4.78 is 33.1. The molecular weight excluding hydrogens is 380 g/mol. The summed E-state index contributed by atoms with van der Waals surface area (Å²) in [5.41, 5.74) is 0.0761. The van der Waals surface area contributed by atoms with Crippen LogP contribution < -0.4 is 10.1 Å². The second kappa shape index (κ2) is 10.4. The van der Waals surface area contributed by atoms with Gasteiger partial charge < -0.3 is 9.47 Å².